The number of carbonyl (C=O) groups excluding carboxylic acids is 1. The fraction of sp³-hybridized carbons (Fsp3) is 0.500. The van der Waals surface area contributed by atoms with Gasteiger partial charge in [0, 0.05) is 18.8 Å². The molecule has 1 heterocycles. The Hall–Kier alpha value is -2.11. The van der Waals surface area contributed by atoms with Crippen LogP contribution in [0.1, 0.15) is 25.5 Å². The van der Waals surface area contributed by atoms with Crippen molar-refractivity contribution in [3.8, 4) is 0 Å². The maximum atomic E-state index is 11.6. The Labute approximate surface area is 119 Å². The average molecular weight is 275 g/mol. The van der Waals surface area contributed by atoms with Crippen LogP contribution in [0.25, 0.3) is 0 Å². The van der Waals surface area contributed by atoms with Gasteiger partial charge < -0.3 is 16.0 Å². The van der Waals surface area contributed by atoms with Gasteiger partial charge in [-0.2, -0.15) is 0 Å². The molecule has 1 fully saturated rings. The molecule has 0 unspecified atom stereocenters. The number of carbonyl (C=O) groups is 1. The molecular weight excluding hydrogens is 254 g/mol. The quantitative estimate of drug-likeness (QED) is 0.519. The van der Waals surface area contributed by atoms with Crippen LogP contribution < -0.4 is 16.0 Å². The van der Waals surface area contributed by atoms with E-state index in [1.54, 1.807) is 6.20 Å². The van der Waals surface area contributed by atoms with Crippen LogP contribution in [0.15, 0.2) is 29.4 Å². The second kappa shape index (κ2) is 7.47. The summed E-state index contributed by atoms with van der Waals surface area (Å²) >= 11 is 0. The Morgan fingerprint density at radius 1 is 1.40 bits per heavy atom. The Morgan fingerprint density at radius 2 is 2.25 bits per heavy atom. The molecule has 0 bridgehead atoms. The first kappa shape index (κ1) is 14.3. The fourth-order valence-corrected chi connectivity index (χ4v) is 1.66. The van der Waals surface area contributed by atoms with Crippen LogP contribution in [0.4, 0.5) is 0 Å². The van der Waals surface area contributed by atoms with Crippen molar-refractivity contribution in [2.24, 2.45) is 4.99 Å². The molecule has 0 atom stereocenters. The second-order valence-corrected chi connectivity index (χ2v) is 4.71. The van der Waals surface area contributed by atoms with E-state index in [0.29, 0.717) is 18.5 Å². The number of nitrogens with one attached hydrogen (secondary N) is 3. The number of pyridine rings is 1. The number of aromatic nitrogens is 1. The molecule has 3 N–H and O–H groups in total. The first-order valence-electron chi connectivity index (χ1n) is 6.99. The molecule has 0 saturated heterocycles. The highest BCUT2D eigenvalue weighted by Crippen LogP contribution is 2.18. The highest BCUT2D eigenvalue weighted by molar-refractivity contribution is 5.86. The van der Waals surface area contributed by atoms with Crippen molar-refractivity contribution >= 4 is 11.9 Å². The molecule has 1 amide bonds. The maximum absolute atomic E-state index is 11.6. The zero-order chi connectivity index (χ0) is 14.2. The Bertz CT molecular complexity index is 456. The van der Waals surface area contributed by atoms with E-state index in [1.807, 2.05) is 25.1 Å². The summed E-state index contributed by atoms with van der Waals surface area (Å²) in [5.41, 5.74) is 0.895. The minimum Gasteiger partial charge on any atom is -0.357 e. The number of guanidine groups is 1. The number of nitrogens with zero attached hydrogens (tertiary/aromatic N) is 2. The van der Waals surface area contributed by atoms with Gasteiger partial charge in [-0.25, -0.2) is 4.99 Å². The van der Waals surface area contributed by atoms with Crippen LogP contribution >= 0.6 is 0 Å². The first-order chi connectivity index (χ1) is 9.78. The Morgan fingerprint density at radius 3 is 2.90 bits per heavy atom. The standard InChI is InChI=1S/C14H21N5O/c1-2-15-14(17-9-12-5-3-4-8-16-12)18-10-13(20)19-11-6-7-11/h3-5,8,11H,2,6-7,9-10H2,1H3,(H,19,20)(H2,15,17,18). The number of hydrogen-bond donors (Lipinski definition) is 3. The lowest BCUT2D eigenvalue weighted by molar-refractivity contribution is -0.120. The van der Waals surface area contributed by atoms with E-state index >= 15 is 0 Å². The molecule has 6 nitrogen and oxygen atoms in total. The van der Waals surface area contributed by atoms with Crippen LogP contribution in [0.2, 0.25) is 0 Å². The summed E-state index contributed by atoms with van der Waals surface area (Å²) in [5.74, 6) is 0.639. The van der Waals surface area contributed by atoms with E-state index in [1.165, 1.54) is 0 Å². The monoisotopic (exact) mass is 275 g/mol. The lowest BCUT2D eigenvalue weighted by atomic mass is 10.3. The Balaban J connectivity index is 1.80. The summed E-state index contributed by atoms with van der Waals surface area (Å²) in [6, 6.07) is 6.12. The fourth-order valence-electron chi connectivity index (χ4n) is 1.66. The number of amides is 1. The van der Waals surface area contributed by atoms with E-state index in [-0.39, 0.29) is 12.5 Å². The van der Waals surface area contributed by atoms with Crippen LogP contribution in [0, 0.1) is 0 Å². The minimum absolute atomic E-state index is 0.0101. The van der Waals surface area contributed by atoms with Crippen molar-refractivity contribution in [3.63, 3.8) is 0 Å². The molecule has 2 rings (SSSR count). The van der Waals surface area contributed by atoms with Gasteiger partial charge in [0.2, 0.25) is 5.91 Å². The third kappa shape index (κ3) is 5.26. The van der Waals surface area contributed by atoms with Crippen molar-refractivity contribution in [1.29, 1.82) is 0 Å². The maximum Gasteiger partial charge on any atom is 0.239 e. The van der Waals surface area contributed by atoms with Crippen LogP contribution in [-0.4, -0.2) is 36.0 Å². The van der Waals surface area contributed by atoms with Crippen molar-refractivity contribution in [2.45, 2.75) is 32.4 Å². The summed E-state index contributed by atoms with van der Waals surface area (Å²) in [5, 5.41) is 9.06. The highest BCUT2D eigenvalue weighted by Gasteiger charge is 2.22. The van der Waals surface area contributed by atoms with Gasteiger partial charge in [-0.1, -0.05) is 6.07 Å². The van der Waals surface area contributed by atoms with Crippen molar-refractivity contribution in [2.75, 3.05) is 13.1 Å². The average Bonchev–Trinajstić information content (AvgIpc) is 3.27. The van der Waals surface area contributed by atoms with Crippen molar-refractivity contribution < 1.29 is 4.79 Å². The van der Waals surface area contributed by atoms with Crippen LogP contribution in [0.5, 0.6) is 0 Å². The van der Waals surface area contributed by atoms with E-state index in [4.69, 9.17) is 0 Å². The molecule has 1 aliphatic carbocycles. The molecule has 108 valence electrons. The molecule has 0 aromatic carbocycles. The van der Waals surface area contributed by atoms with Gasteiger partial charge in [-0.3, -0.25) is 9.78 Å². The van der Waals surface area contributed by atoms with Gasteiger partial charge in [0.25, 0.3) is 0 Å². The molecule has 1 aliphatic rings. The molecule has 20 heavy (non-hydrogen) atoms. The van der Waals surface area contributed by atoms with E-state index < -0.39 is 0 Å². The van der Waals surface area contributed by atoms with Crippen molar-refractivity contribution in [1.82, 2.24) is 20.9 Å². The number of rotatable bonds is 6. The van der Waals surface area contributed by atoms with Crippen molar-refractivity contribution in [3.05, 3.63) is 30.1 Å². The predicted molar refractivity (Wildman–Crippen MR) is 78.2 cm³/mol. The van der Waals surface area contributed by atoms with Gasteiger partial charge in [-0.05, 0) is 31.9 Å². The topological polar surface area (TPSA) is 78.4 Å². The van der Waals surface area contributed by atoms with Crippen LogP contribution in [0.3, 0.4) is 0 Å². The van der Waals surface area contributed by atoms with Gasteiger partial charge in [0.05, 0.1) is 18.8 Å². The highest BCUT2D eigenvalue weighted by atomic mass is 16.2. The summed E-state index contributed by atoms with van der Waals surface area (Å²) in [6.45, 7) is 3.46. The van der Waals surface area contributed by atoms with Gasteiger partial charge in [-0.15, -0.1) is 0 Å². The summed E-state index contributed by atoms with van der Waals surface area (Å²) in [7, 11) is 0. The molecular formula is C14H21N5O. The normalized spacial score (nSPS) is 14.8. The molecule has 1 aromatic rings. The SMILES string of the molecule is CCNC(=NCc1ccccn1)NCC(=O)NC1CC1. The number of aliphatic imine (C=N–C) groups is 1. The minimum atomic E-state index is 0.0101. The third-order valence-electron chi connectivity index (χ3n) is 2.83. The van der Waals surface area contributed by atoms with Gasteiger partial charge >= 0.3 is 0 Å². The molecule has 0 spiro atoms. The van der Waals surface area contributed by atoms with Gasteiger partial charge in [0.15, 0.2) is 5.96 Å². The summed E-state index contributed by atoms with van der Waals surface area (Å²) in [4.78, 5) is 20.2. The summed E-state index contributed by atoms with van der Waals surface area (Å²) < 4.78 is 0. The lowest BCUT2D eigenvalue weighted by Gasteiger charge is -2.11. The zero-order valence-corrected chi connectivity index (χ0v) is 11.7. The second-order valence-electron chi connectivity index (χ2n) is 4.71. The molecule has 6 heteroatoms. The van der Waals surface area contributed by atoms with E-state index in [2.05, 4.69) is 25.9 Å². The first-order valence-corrected chi connectivity index (χ1v) is 6.99. The third-order valence-corrected chi connectivity index (χ3v) is 2.83. The zero-order valence-electron chi connectivity index (χ0n) is 11.7. The van der Waals surface area contributed by atoms with Gasteiger partial charge in [0.1, 0.15) is 0 Å². The van der Waals surface area contributed by atoms with E-state index in [0.717, 1.165) is 25.1 Å². The summed E-state index contributed by atoms with van der Waals surface area (Å²) in [6.07, 6.45) is 3.94. The smallest absolute Gasteiger partial charge is 0.239 e. The molecule has 0 radical (unpaired) electrons. The molecule has 1 saturated carbocycles. The lowest BCUT2D eigenvalue weighted by Crippen LogP contribution is -2.43. The molecule has 1 aromatic heterocycles. The van der Waals surface area contributed by atoms with E-state index in [9.17, 15) is 4.79 Å². The Kier molecular flexibility index (Phi) is 5.34. The largest absolute Gasteiger partial charge is 0.357 e. The molecule has 0 aliphatic heterocycles. The number of hydrogen-bond acceptors (Lipinski definition) is 3. The van der Waals surface area contributed by atoms with Crippen LogP contribution in [-0.2, 0) is 11.3 Å². The predicted octanol–water partition coefficient (Wildman–Crippen LogP) is 0.415.